The number of thioether (sulfide) groups is 1. The molecule has 1 N–H and O–H groups in total. The molecule has 4 rings (SSSR count). The number of carbonyl (C=O) groups excluding carboxylic acids is 1. The van der Waals surface area contributed by atoms with Crippen LogP contribution in [0.3, 0.4) is 0 Å². The molecule has 0 bridgehead atoms. The number of anilines is 1. The van der Waals surface area contributed by atoms with Gasteiger partial charge in [-0.3, -0.25) is 10.1 Å². The van der Waals surface area contributed by atoms with Crippen LogP contribution in [0.1, 0.15) is 15.9 Å². The third kappa shape index (κ3) is 5.32. The topological polar surface area (TPSA) is 54.9 Å². The lowest BCUT2D eigenvalue weighted by atomic mass is 10.0. The van der Waals surface area contributed by atoms with E-state index in [2.05, 4.69) is 43.6 Å². The smallest absolute Gasteiger partial charge is 0.257 e. The van der Waals surface area contributed by atoms with Gasteiger partial charge in [-0.25, -0.2) is 0 Å². The zero-order chi connectivity index (χ0) is 20.1. The second-order valence-corrected chi connectivity index (χ2v) is 9.30. The highest BCUT2D eigenvalue weighted by molar-refractivity contribution is 9.10. The fourth-order valence-electron chi connectivity index (χ4n) is 2.66. The van der Waals surface area contributed by atoms with E-state index < -0.39 is 0 Å². The van der Waals surface area contributed by atoms with Gasteiger partial charge in [0.25, 0.3) is 5.91 Å². The number of benzene rings is 3. The van der Waals surface area contributed by atoms with Crippen LogP contribution in [0.2, 0.25) is 0 Å². The molecule has 29 heavy (non-hydrogen) atoms. The lowest BCUT2D eigenvalue weighted by molar-refractivity contribution is 0.102. The fraction of sp³-hybridized carbons (Fsp3) is 0.0455. The molecule has 0 saturated heterocycles. The second kappa shape index (κ2) is 9.35. The SMILES string of the molecule is O=C(Nc1nnc(SCc2ccc(Br)cc2)s1)c1ccc(-c2ccccc2)cc1. The summed E-state index contributed by atoms with van der Waals surface area (Å²) < 4.78 is 1.88. The first-order valence-corrected chi connectivity index (χ1v) is 11.4. The van der Waals surface area contributed by atoms with Gasteiger partial charge in [-0.1, -0.05) is 93.6 Å². The molecule has 0 aliphatic heterocycles. The molecule has 0 saturated carbocycles. The summed E-state index contributed by atoms with van der Waals surface area (Å²) in [6.07, 6.45) is 0. The highest BCUT2D eigenvalue weighted by atomic mass is 79.9. The fourth-order valence-corrected chi connectivity index (χ4v) is 4.63. The van der Waals surface area contributed by atoms with Crippen molar-refractivity contribution in [3.63, 3.8) is 0 Å². The van der Waals surface area contributed by atoms with E-state index in [4.69, 9.17) is 0 Å². The van der Waals surface area contributed by atoms with Crippen LogP contribution in [0.5, 0.6) is 0 Å². The molecule has 0 aliphatic rings. The van der Waals surface area contributed by atoms with Crippen LogP contribution >= 0.6 is 39.0 Å². The molecular weight excluding hydrogens is 466 g/mol. The number of rotatable bonds is 6. The molecule has 4 aromatic rings. The summed E-state index contributed by atoms with van der Waals surface area (Å²) in [7, 11) is 0. The molecule has 0 unspecified atom stereocenters. The van der Waals surface area contributed by atoms with Gasteiger partial charge in [-0.05, 0) is 41.0 Å². The molecular formula is C22H16BrN3OS2. The lowest BCUT2D eigenvalue weighted by Crippen LogP contribution is -2.11. The van der Waals surface area contributed by atoms with E-state index >= 15 is 0 Å². The molecule has 144 valence electrons. The maximum absolute atomic E-state index is 12.5. The molecule has 1 amide bonds. The Bertz CT molecular complexity index is 1100. The van der Waals surface area contributed by atoms with E-state index in [9.17, 15) is 4.79 Å². The number of carbonyl (C=O) groups is 1. The van der Waals surface area contributed by atoms with Crippen LogP contribution in [-0.4, -0.2) is 16.1 Å². The van der Waals surface area contributed by atoms with Gasteiger partial charge in [0.15, 0.2) is 4.34 Å². The van der Waals surface area contributed by atoms with Crippen molar-refractivity contribution in [2.75, 3.05) is 5.32 Å². The van der Waals surface area contributed by atoms with Crippen LogP contribution in [-0.2, 0) is 5.75 Å². The largest absolute Gasteiger partial charge is 0.296 e. The van der Waals surface area contributed by atoms with Gasteiger partial charge in [0.05, 0.1) is 0 Å². The average molecular weight is 482 g/mol. The predicted octanol–water partition coefficient (Wildman–Crippen LogP) is 6.51. The lowest BCUT2D eigenvalue weighted by Gasteiger charge is -2.04. The maximum Gasteiger partial charge on any atom is 0.257 e. The summed E-state index contributed by atoms with van der Waals surface area (Å²) >= 11 is 6.41. The minimum atomic E-state index is -0.190. The van der Waals surface area contributed by atoms with Gasteiger partial charge in [-0.2, -0.15) is 0 Å². The Morgan fingerprint density at radius 3 is 2.31 bits per heavy atom. The first-order valence-electron chi connectivity index (χ1n) is 8.85. The molecule has 4 nitrogen and oxygen atoms in total. The number of nitrogens with zero attached hydrogens (tertiary/aromatic N) is 2. The maximum atomic E-state index is 12.5. The van der Waals surface area contributed by atoms with Crippen molar-refractivity contribution in [1.82, 2.24) is 10.2 Å². The van der Waals surface area contributed by atoms with Gasteiger partial charge < -0.3 is 0 Å². The molecule has 0 radical (unpaired) electrons. The van der Waals surface area contributed by atoms with Crippen molar-refractivity contribution in [3.8, 4) is 11.1 Å². The molecule has 0 spiro atoms. The van der Waals surface area contributed by atoms with Crippen molar-refractivity contribution in [3.05, 3.63) is 94.5 Å². The van der Waals surface area contributed by atoms with Crippen molar-refractivity contribution in [2.45, 2.75) is 10.1 Å². The summed E-state index contributed by atoms with van der Waals surface area (Å²) in [6.45, 7) is 0. The van der Waals surface area contributed by atoms with Gasteiger partial charge in [0.2, 0.25) is 5.13 Å². The molecule has 7 heteroatoms. The van der Waals surface area contributed by atoms with E-state index in [1.807, 2.05) is 66.7 Å². The van der Waals surface area contributed by atoms with E-state index in [1.54, 1.807) is 11.8 Å². The number of nitrogens with one attached hydrogen (secondary N) is 1. The molecule has 1 aromatic heterocycles. The zero-order valence-electron chi connectivity index (χ0n) is 15.2. The molecule has 1 heterocycles. The monoisotopic (exact) mass is 481 g/mol. The normalized spacial score (nSPS) is 10.7. The van der Waals surface area contributed by atoms with Gasteiger partial charge in [-0.15, -0.1) is 10.2 Å². The highest BCUT2D eigenvalue weighted by Gasteiger charge is 2.11. The summed E-state index contributed by atoms with van der Waals surface area (Å²) in [5.41, 5.74) is 3.99. The third-order valence-corrected chi connectivity index (χ3v) is 6.73. The van der Waals surface area contributed by atoms with Crippen LogP contribution in [0.25, 0.3) is 11.1 Å². The minimum Gasteiger partial charge on any atom is -0.296 e. The van der Waals surface area contributed by atoms with Crippen molar-refractivity contribution in [2.24, 2.45) is 0 Å². The van der Waals surface area contributed by atoms with Crippen LogP contribution < -0.4 is 5.32 Å². The average Bonchev–Trinajstić information content (AvgIpc) is 3.21. The van der Waals surface area contributed by atoms with Crippen LogP contribution in [0.15, 0.2) is 87.7 Å². The number of amides is 1. The standard InChI is InChI=1S/C22H16BrN3OS2/c23-19-12-6-15(7-13-19)14-28-22-26-25-21(29-22)24-20(27)18-10-8-17(9-11-18)16-4-2-1-3-5-16/h1-13H,14H2,(H,24,25,27). The quantitative estimate of drug-likeness (QED) is 0.251. The predicted molar refractivity (Wildman–Crippen MR) is 123 cm³/mol. The summed E-state index contributed by atoms with van der Waals surface area (Å²) in [5, 5.41) is 11.6. The first-order chi connectivity index (χ1) is 14.2. The number of hydrogen-bond donors (Lipinski definition) is 1. The summed E-state index contributed by atoms with van der Waals surface area (Å²) in [4.78, 5) is 12.5. The molecule has 0 atom stereocenters. The first kappa shape index (κ1) is 19.8. The Labute approximate surface area is 185 Å². The van der Waals surface area contributed by atoms with Crippen molar-refractivity contribution in [1.29, 1.82) is 0 Å². The van der Waals surface area contributed by atoms with Crippen molar-refractivity contribution < 1.29 is 4.79 Å². The van der Waals surface area contributed by atoms with Gasteiger partial charge >= 0.3 is 0 Å². The number of halogens is 1. The Kier molecular flexibility index (Phi) is 6.39. The van der Waals surface area contributed by atoms with Crippen LogP contribution in [0, 0.1) is 0 Å². The Balaban J connectivity index is 1.35. The molecule has 0 fully saturated rings. The van der Waals surface area contributed by atoms with E-state index in [0.717, 1.165) is 25.7 Å². The van der Waals surface area contributed by atoms with Gasteiger partial charge in [0, 0.05) is 15.8 Å². The summed E-state index contributed by atoms with van der Waals surface area (Å²) in [5.74, 6) is 0.613. The van der Waals surface area contributed by atoms with E-state index in [-0.39, 0.29) is 5.91 Å². The minimum absolute atomic E-state index is 0.190. The van der Waals surface area contributed by atoms with Crippen molar-refractivity contribution >= 4 is 50.1 Å². The summed E-state index contributed by atoms with van der Waals surface area (Å²) in [6, 6.07) is 25.8. The van der Waals surface area contributed by atoms with Gasteiger partial charge in [0.1, 0.15) is 0 Å². The second-order valence-electron chi connectivity index (χ2n) is 6.19. The number of aromatic nitrogens is 2. The molecule has 3 aromatic carbocycles. The highest BCUT2D eigenvalue weighted by Crippen LogP contribution is 2.29. The Morgan fingerprint density at radius 2 is 1.59 bits per heavy atom. The zero-order valence-corrected chi connectivity index (χ0v) is 18.4. The van der Waals surface area contributed by atoms with E-state index in [0.29, 0.717) is 10.7 Å². The Morgan fingerprint density at radius 1 is 0.897 bits per heavy atom. The Hall–Kier alpha value is -2.48. The van der Waals surface area contributed by atoms with Crippen LogP contribution in [0.4, 0.5) is 5.13 Å². The third-order valence-electron chi connectivity index (χ3n) is 4.16. The molecule has 0 aliphatic carbocycles. The van der Waals surface area contributed by atoms with E-state index in [1.165, 1.54) is 16.9 Å². The number of hydrogen-bond acceptors (Lipinski definition) is 5.